The number of carbonyl (C=O) groups is 5. The molecule has 3 aromatic heterocycles. The Hall–Kier alpha value is -6.60. The summed E-state index contributed by atoms with van der Waals surface area (Å²) in [5.74, 6) is 1.83. The van der Waals surface area contributed by atoms with Gasteiger partial charge < -0.3 is 77.9 Å². The van der Waals surface area contributed by atoms with Gasteiger partial charge in [-0.15, -0.1) is 10.2 Å². The summed E-state index contributed by atoms with van der Waals surface area (Å²) < 4.78 is 20.5. The normalized spacial score (nSPS) is 28.4. The van der Waals surface area contributed by atoms with Crippen LogP contribution < -0.4 is 5.32 Å². The van der Waals surface area contributed by atoms with Gasteiger partial charge in [0, 0.05) is 93.8 Å². The molecule has 3 aromatic rings. The Bertz CT molecular complexity index is 3360. The minimum absolute atomic E-state index is 0.101. The van der Waals surface area contributed by atoms with E-state index in [1.54, 1.807) is 6.26 Å². The number of nitrogens with one attached hydrogen (secondary N) is 3. The summed E-state index contributed by atoms with van der Waals surface area (Å²) in [5, 5.41) is 28.8. The van der Waals surface area contributed by atoms with Gasteiger partial charge in [0.05, 0.1) is 41.9 Å². The van der Waals surface area contributed by atoms with Crippen molar-refractivity contribution >= 4 is 30.3 Å². The fourth-order valence-electron chi connectivity index (χ4n) is 22.0. The number of nitrogens with zero attached hydrogens (tertiary/aromatic N) is 22. The Labute approximate surface area is 748 Å². The Kier molecular flexibility index (Phi) is 37.7. The van der Waals surface area contributed by atoms with E-state index in [2.05, 4.69) is 192 Å². The number of cyclic esters (lactones) is 3. The van der Waals surface area contributed by atoms with Crippen LogP contribution in [0.3, 0.4) is 0 Å². The molecule has 6 atom stereocenters. The number of piperidine rings is 8. The first-order chi connectivity index (χ1) is 60.4. The van der Waals surface area contributed by atoms with Crippen molar-refractivity contribution in [2.24, 2.45) is 11.8 Å². The molecule has 0 spiro atoms. The van der Waals surface area contributed by atoms with Crippen molar-refractivity contribution in [2.45, 2.75) is 267 Å². The second-order valence-electron chi connectivity index (χ2n) is 39.6. The third-order valence-electron chi connectivity index (χ3n) is 30.2. The maximum absolute atomic E-state index is 11.8. The third kappa shape index (κ3) is 27.1. The van der Waals surface area contributed by atoms with Crippen LogP contribution in [0.15, 0.2) is 29.1 Å². The quantitative estimate of drug-likeness (QED) is 0.127. The Morgan fingerprint density at radius 3 is 1.16 bits per heavy atom. The number of tetrazole rings is 1. The maximum Gasteiger partial charge on any atom is 0.410 e. The van der Waals surface area contributed by atoms with E-state index in [1.807, 2.05) is 48.7 Å². The standard InChI is InChI=1S/C13H22N4.C13H21N3O.2C12H22N2O2.C11H20N6.C11H20N2O2.C10H19N3O.C9H17N3O/c1-16-9-5-11(6-10-16)17-8-2-3-13(17)12-4-7-14-15-12;1-15-8-4-11(5-9-15)16-7-2-3-13(16)12-6-10-17-14-12;2*1-9(2)11-8-16-12(15)14(11)10-4-6-13(3)7-5-10;1-16-7-4-9(5-8-16)17-6-2-3-10(17)11-12-14-15-13-11;1-3-9-8-15-11(14)13(9)10-4-6-12(2)7-5-10;1-11-5-3-9(4-6-11)13-8-7-12(2)10(13)14;1-11-5-2-8(3-6-11)12-7-4-10-9(12)13/h4,7,11,13H,2-3,5-6,8-10H2,1H3,(H,14,15);6,10-11,13H,2-5,7-9H2,1H3;2*9-11H,4-8H2,1-3H3;9-10H,2-8H2,1H3,(H,12,13,14,15);9-10H,3-8H2,1-2H3;9H,3-8H2,1-2H3;8H,2-7H2,1H3,(H,10,13)/t;;2*11-;;9-;;/m..10.0../s1. The molecule has 3 N–H and O–H groups in total. The summed E-state index contributed by atoms with van der Waals surface area (Å²) in [6.07, 6.45) is 30.6. The van der Waals surface area contributed by atoms with E-state index in [1.165, 1.54) is 142 Å². The van der Waals surface area contributed by atoms with E-state index in [9.17, 15) is 24.0 Å². The number of rotatable bonds is 14. The molecule has 19 heterocycles. The Morgan fingerprint density at radius 2 is 0.792 bits per heavy atom. The number of likely N-dealkylation sites (tertiary alicyclic amines) is 11. The van der Waals surface area contributed by atoms with E-state index in [0.29, 0.717) is 92.1 Å². The van der Waals surface area contributed by atoms with Gasteiger partial charge in [-0.2, -0.15) is 10.3 Å². The monoisotopic (exact) mass is 1750 g/mol. The van der Waals surface area contributed by atoms with Crippen LogP contribution in [0.2, 0.25) is 0 Å². The highest BCUT2D eigenvalue weighted by Crippen LogP contribution is 2.39. The van der Waals surface area contributed by atoms with Crippen molar-refractivity contribution < 1.29 is 42.7 Å². The van der Waals surface area contributed by atoms with Gasteiger partial charge in [-0.3, -0.25) is 34.5 Å². The molecular formula is C91H163N25O9. The molecule has 0 radical (unpaired) electrons. The van der Waals surface area contributed by atoms with Gasteiger partial charge in [-0.25, -0.2) is 24.0 Å². The molecule has 3 unspecified atom stereocenters. The van der Waals surface area contributed by atoms with E-state index in [4.69, 9.17) is 18.7 Å². The maximum atomic E-state index is 11.8. The highest BCUT2D eigenvalue weighted by molar-refractivity contribution is 5.77. The van der Waals surface area contributed by atoms with Gasteiger partial charge in [0.2, 0.25) is 0 Å². The SMILES string of the molecule is CC(C)[C@@H]1COC(=O)N1C1CCN(C)CC1.CC(C)[C@H]1COC(=O)N1C1CCN(C)CC1.CC[C@H]1COC(=O)N1C1CCN(C)CC1.CN1CCC(N2CCCC2c2ccn[nH]2)CC1.CN1CCC(N2CCCC2c2ccon2)CC1.CN1CCC(N2CCCC2c2nn[nH]n2)CC1.CN1CCC(N2CCN(C)C2=O)CC1.CN1CCC(N2CCNC2=O)CC1. The number of ether oxygens (including phenoxy) is 3. The summed E-state index contributed by atoms with van der Waals surface area (Å²) in [4.78, 5) is 96.9. The smallest absolute Gasteiger partial charge is 0.410 e. The lowest BCUT2D eigenvalue weighted by Crippen LogP contribution is -2.49. The minimum Gasteiger partial charge on any atom is -0.447 e. The number of H-pyrrole nitrogens is 2. The fraction of sp³-hybridized carbons (Fsp3) is 0.868. The topological polar surface area (TPSA) is 289 Å². The van der Waals surface area contributed by atoms with Gasteiger partial charge in [0.25, 0.3) is 0 Å². The van der Waals surface area contributed by atoms with E-state index in [-0.39, 0.29) is 42.4 Å². The summed E-state index contributed by atoms with van der Waals surface area (Å²) >= 11 is 0. The van der Waals surface area contributed by atoms with E-state index < -0.39 is 0 Å². The third-order valence-corrected chi connectivity index (χ3v) is 30.2. The van der Waals surface area contributed by atoms with E-state index >= 15 is 0 Å². The molecule has 16 saturated heterocycles. The highest BCUT2D eigenvalue weighted by atomic mass is 16.6. The van der Waals surface area contributed by atoms with Crippen LogP contribution in [0.4, 0.5) is 24.0 Å². The van der Waals surface area contributed by atoms with Crippen molar-refractivity contribution in [3.63, 3.8) is 0 Å². The first-order valence-corrected chi connectivity index (χ1v) is 48.7. The highest BCUT2D eigenvalue weighted by Gasteiger charge is 2.45. The fourth-order valence-corrected chi connectivity index (χ4v) is 22.0. The zero-order chi connectivity index (χ0) is 88.6. The Balaban J connectivity index is 0.000000130. The van der Waals surface area contributed by atoms with Gasteiger partial charge in [-0.05, 0) is 346 Å². The van der Waals surface area contributed by atoms with Crippen molar-refractivity contribution in [1.29, 1.82) is 0 Å². The lowest BCUT2D eigenvalue weighted by Gasteiger charge is -2.37. The molecule has 16 fully saturated rings. The molecule has 16 aliphatic heterocycles. The van der Waals surface area contributed by atoms with Crippen LogP contribution in [-0.2, 0) is 14.2 Å². The zero-order valence-corrected chi connectivity index (χ0v) is 79.2. The van der Waals surface area contributed by atoms with Crippen LogP contribution in [0.25, 0.3) is 0 Å². The summed E-state index contributed by atoms with van der Waals surface area (Å²) in [6, 6.07) is 11.3. The molecule has 0 bridgehead atoms. The Morgan fingerprint density at radius 1 is 0.408 bits per heavy atom. The predicted octanol–water partition coefficient (Wildman–Crippen LogP) is 8.96. The zero-order valence-electron chi connectivity index (χ0n) is 79.2. The molecule has 34 heteroatoms. The summed E-state index contributed by atoms with van der Waals surface area (Å²) in [6.45, 7) is 38.1. The van der Waals surface area contributed by atoms with Gasteiger partial charge in [0.1, 0.15) is 31.8 Å². The predicted molar refractivity (Wildman–Crippen MR) is 485 cm³/mol. The van der Waals surface area contributed by atoms with Gasteiger partial charge >= 0.3 is 30.3 Å². The molecule has 0 aliphatic carbocycles. The second-order valence-corrected chi connectivity index (χ2v) is 39.6. The van der Waals surface area contributed by atoms with E-state index in [0.717, 1.165) is 186 Å². The number of hydrogen-bond donors (Lipinski definition) is 3. The average Bonchev–Trinajstić information content (AvgIpc) is 1.67. The average molecular weight is 1750 g/mol. The van der Waals surface area contributed by atoms with Crippen LogP contribution in [0.5, 0.6) is 0 Å². The van der Waals surface area contributed by atoms with Crippen LogP contribution in [-0.4, -0.2) is 450 Å². The van der Waals surface area contributed by atoms with Crippen molar-refractivity contribution in [2.75, 3.05) is 234 Å². The first-order valence-electron chi connectivity index (χ1n) is 48.7. The van der Waals surface area contributed by atoms with Crippen LogP contribution in [0.1, 0.15) is 218 Å². The number of likely N-dealkylation sites (N-methyl/N-ethyl adjacent to an activating group) is 1. The molecule has 34 nitrogen and oxygen atoms in total. The molecule has 19 rings (SSSR count). The van der Waals surface area contributed by atoms with Gasteiger partial charge in [-0.1, -0.05) is 45.0 Å². The van der Waals surface area contributed by atoms with Crippen molar-refractivity contribution in [3.05, 3.63) is 41.8 Å². The number of hydrogen-bond acceptors (Lipinski definition) is 25. The molecule has 706 valence electrons. The lowest BCUT2D eigenvalue weighted by atomic mass is 9.98. The lowest BCUT2D eigenvalue weighted by molar-refractivity contribution is 0.106. The molecule has 0 aromatic carbocycles. The summed E-state index contributed by atoms with van der Waals surface area (Å²) in [7, 11) is 19.2. The minimum atomic E-state index is -0.103. The number of urea groups is 2. The van der Waals surface area contributed by atoms with Crippen molar-refractivity contribution in [3.8, 4) is 0 Å². The molecule has 7 amide bonds. The first kappa shape index (κ1) is 97.5. The second kappa shape index (κ2) is 48.3. The number of aromatic amines is 2. The largest absolute Gasteiger partial charge is 0.447 e. The number of carbonyl (C=O) groups excluding carboxylic acids is 5. The van der Waals surface area contributed by atoms with Crippen LogP contribution >= 0.6 is 0 Å². The van der Waals surface area contributed by atoms with Crippen LogP contribution in [0, 0.1) is 11.8 Å². The van der Waals surface area contributed by atoms with Gasteiger partial charge in [0.15, 0.2) is 5.82 Å². The summed E-state index contributed by atoms with van der Waals surface area (Å²) in [5.41, 5.74) is 2.43. The number of aromatic nitrogens is 7. The molecule has 125 heavy (non-hydrogen) atoms. The number of amides is 7. The van der Waals surface area contributed by atoms with Crippen molar-refractivity contribution in [1.82, 2.24) is 125 Å². The molecule has 0 saturated carbocycles. The molecule has 16 aliphatic rings. The molecular weight excluding hydrogens is 1590 g/mol.